The molecule has 10 heteroatoms. The standard InChI is InChI=1S/C27H32Br4O6/c1-7-11-34-25-17(28)13-15(23(21(25)30)36-19(32)9-3)27(5,6)16-14-18(29)26(35-12-8-2)22(31)24(16)37-20(33)10-4/h7-8,13-14,19-20,32-33H,1-2,9-12H2,3-6H3. The second-order valence-electron chi connectivity index (χ2n) is 8.54. The molecule has 0 spiro atoms. The highest BCUT2D eigenvalue weighted by Gasteiger charge is 2.36. The van der Waals surface area contributed by atoms with E-state index < -0.39 is 18.0 Å². The zero-order chi connectivity index (χ0) is 27.9. The minimum Gasteiger partial charge on any atom is -0.487 e. The normalized spacial score (nSPS) is 13.0. The van der Waals surface area contributed by atoms with Crippen LogP contribution in [0.2, 0.25) is 0 Å². The fourth-order valence-corrected chi connectivity index (χ4v) is 6.35. The Morgan fingerprint density at radius 2 is 1.11 bits per heavy atom. The molecule has 37 heavy (non-hydrogen) atoms. The first-order chi connectivity index (χ1) is 17.4. The van der Waals surface area contributed by atoms with E-state index in [1.54, 1.807) is 12.2 Å². The number of benzene rings is 2. The van der Waals surface area contributed by atoms with Gasteiger partial charge < -0.3 is 29.2 Å². The van der Waals surface area contributed by atoms with Crippen molar-refractivity contribution in [3.8, 4) is 23.0 Å². The number of aliphatic hydroxyl groups is 2. The average Bonchev–Trinajstić information content (AvgIpc) is 2.86. The summed E-state index contributed by atoms with van der Waals surface area (Å²) in [5.74, 6) is 1.88. The Labute approximate surface area is 252 Å². The number of hydrogen-bond acceptors (Lipinski definition) is 6. The molecule has 0 radical (unpaired) electrons. The Morgan fingerprint density at radius 3 is 1.41 bits per heavy atom. The topological polar surface area (TPSA) is 77.4 Å². The molecule has 2 unspecified atom stereocenters. The van der Waals surface area contributed by atoms with E-state index in [2.05, 4.69) is 76.9 Å². The van der Waals surface area contributed by atoms with Crippen LogP contribution in [0.5, 0.6) is 23.0 Å². The Bertz CT molecular complexity index is 1030. The number of ether oxygens (including phenoxy) is 4. The van der Waals surface area contributed by atoms with E-state index >= 15 is 0 Å². The van der Waals surface area contributed by atoms with Gasteiger partial charge in [0.25, 0.3) is 0 Å². The molecule has 6 nitrogen and oxygen atoms in total. The van der Waals surface area contributed by atoms with Crippen LogP contribution in [-0.4, -0.2) is 36.0 Å². The number of hydrogen-bond donors (Lipinski definition) is 2. The molecule has 2 N–H and O–H groups in total. The van der Waals surface area contributed by atoms with E-state index in [0.717, 1.165) is 11.1 Å². The van der Waals surface area contributed by atoms with Gasteiger partial charge in [-0.3, -0.25) is 0 Å². The second-order valence-corrected chi connectivity index (χ2v) is 11.8. The fourth-order valence-electron chi connectivity index (χ4n) is 3.46. The van der Waals surface area contributed by atoms with Crippen molar-refractivity contribution in [1.82, 2.24) is 0 Å². The third-order valence-corrected chi connectivity index (χ3v) is 8.13. The van der Waals surface area contributed by atoms with Crippen molar-refractivity contribution in [1.29, 1.82) is 0 Å². The van der Waals surface area contributed by atoms with Crippen LogP contribution in [0.3, 0.4) is 0 Å². The molecular weight excluding hydrogens is 740 g/mol. The van der Waals surface area contributed by atoms with Gasteiger partial charge in [0.15, 0.2) is 24.1 Å². The van der Waals surface area contributed by atoms with Gasteiger partial charge in [-0.2, -0.15) is 0 Å². The van der Waals surface area contributed by atoms with Gasteiger partial charge in [-0.05, 0) is 75.9 Å². The molecule has 0 aromatic heterocycles. The number of halogens is 4. The van der Waals surface area contributed by atoms with Gasteiger partial charge in [0.2, 0.25) is 0 Å². The summed E-state index contributed by atoms with van der Waals surface area (Å²) in [6.45, 7) is 15.6. The van der Waals surface area contributed by atoms with Gasteiger partial charge in [-0.15, -0.1) is 0 Å². The largest absolute Gasteiger partial charge is 0.487 e. The lowest BCUT2D eigenvalue weighted by molar-refractivity contribution is -0.0217. The molecule has 2 rings (SSSR count). The first-order valence-electron chi connectivity index (χ1n) is 11.7. The quantitative estimate of drug-likeness (QED) is 0.149. The molecule has 0 amide bonds. The highest BCUT2D eigenvalue weighted by molar-refractivity contribution is 9.11. The summed E-state index contributed by atoms with van der Waals surface area (Å²) in [5, 5.41) is 20.9. The molecular formula is C27H32Br4O6. The number of aliphatic hydroxyl groups excluding tert-OH is 2. The molecule has 0 bridgehead atoms. The van der Waals surface area contributed by atoms with Crippen molar-refractivity contribution in [2.24, 2.45) is 0 Å². The van der Waals surface area contributed by atoms with Crippen molar-refractivity contribution in [3.05, 3.63) is 66.5 Å². The van der Waals surface area contributed by atoms with Crippen LogP contribution in [-0.2, 0) is 5.41 Å². The van der Waals surface area contributed by atoms with Gasteiger partial charge in [0.05, 0.1) is 8.95 Å². The molecule has 2 atom stereocenters. The molecule has 204 valence electrons. The lowest BCUT2D eigenvalue weighted by Crippen LogP contribution is -2.26. The van der Waals surface area contributed by atoms with Crippen LogP contribution in [0.4, 0.5) is 0 Å². The van der Waals surface area contributed by atoms with E-state index in [9.17, 15) is 10.2 Å². The Morgan fingerprint density at radius 1 is 0.757 bits per heavy atom. The molecule has 0 aliphatic heterocycles. The first-order valence-corrected chi connectivity index (χ1v) is 14.8. The summed E-state index contributed by atoms with van der Waals surface area (Å²) in [7, 11) is 0. The minimum absolute atomic E-state index is 0.286. The molecule has 0 heterocycles. The summed E-state index contributed by atoms with van der Waals surface area (Å²) in [6.07, 6.45) is 1.98. The predicted octanol–water partition coefficient (Wildman–Crippen LogP) is 8.41. The van der Waals surface area contributed by atoms with E-state index in [1.807, 2.05) is 39.8 Å². The van der Waals surface area contributed by atoms with Gasteiger partial charge in [0, 0.05) is 29.4 Å². The van der Waals surface area contributed by atoms with E-state index in [1.165, 1.54) is 0 Å². The van der Waals surface area contributed by atoms with Gasteiger partial charge >= 0.3 is 0 Å². The summed E-state index contributed by atoms with van der Waals surface area (Å²) in [6, 6.07) is 3.79. The van der Waals surface area contributed by atoms with Gasteiger partial charge in [-0.1, -0.05) is 53.0 Å². The van der Waals surface area contributed by atoms with Crippen LogP contribution in [0.1, 0.15) is 51.7 Å². The third-order valence-electron chi connectivity index (χ3n) is 5.51. The zero-order valence-electron chi connectivity index (χ0n) is 21.2. The molecule has 0 aliphatic carbocycles. The van der Waals surface area contributed by atoms with E-state index in [0.29, 0.717) is 53.7 Å². The average molecular weight is 772 g/mol. The summed E-state index contributed by atoms with van der Waals surface area (Å²) in [5.41, 5.74) is 0.702. The highest BCUT2D eigenvalue weighted by atomic mass is 79.9. The SMILES string of the molecule is C=CCOc1c(Br)cc(C(C)(C)c2cc(Br)c(OCC=C)c(Br)c2OC(O)CC)c(OC(O)CC)c1Br. The fraction of sp³-hybridized carbons (Fsp3) is 0.407. The molecule has 0 fully saturated rings. The Balaban J connectivity index is 2.87. The minimum atomic E-state index is -1.04. The molecule has 2 aromatic rings. The molecule has 0 saturated heterocycles. The second kappa shape index (κ2) is 14.4. The van der Waals surface area contributed by atoms with Crippen LogP contribution < -0.4 is 18.9 Å². The van der Waals surface area contributed by atoms with Crippen molar-refractivity contribution in [2.45, 2.75) is 58.5 Å². The maximum Gasteiger partial charge on any atom is 0.197 e. The number of rotatable bonds is 14. The van der Waals surface area contributed by atoms with Gasteiger partial charge in [-0.25, -0.2) is 0 Å². The maximum atomic E-state index is 10.4. The van der Waals surface area contributed by atoms with Gasteiger partial charge in [0.1, 0.15) is 33.7 Å². The smallest absolute Gasteiger partial charge is 0.197 e. The zero-order valence-corrected chi connectivity index (χ0v) is 27.6. The molecule has 0 aliphatic rings. The van der Waals surface area contributed by atoms with Crippen molar-refractivity contribution in [2.75, 3.05) is 13.2 Å². The van der Waals surface area contributed by atoms with E-state index in [4.69, 9.17) is 18.9 Å². The van der Waals surface area contributed by atoms with Crippen LogP contribution in [0.25, 0.3) is 0 Å². The Kier molecular flexibility index (Phi) is 12.5. The van der Waals surface area contributed by atoms with Crippen molar-refractivity contribution < 1.29 is 29.2 Å². The summed E-state index contributed by atoms with van der Waals surface area (Å²) < 4.78 is 26.2. The Hall–Kier alpha value is -1.04. The van der Waals surface area contributed by atoms with Crippen molar-refractivity contribution in [3.63, 3.8) is 0 Å². The van der Waals surface area contributed by atoms with Crippen LogP contribution >= 0.6 is 63.7 Å². The third kappa shape index (κ3) is 7.54. The predicted molar refractivity (Wildman–Crippen MR) is 161 cm³/mol. The molecule has 2 aromatic carbocycles. The van der Waals surface area contributed by atoms with Crippen LogP contribution in [0, 0.1) is 0 Å². The highest BCUT2D eigenvalue weighted by Crippen LogP contribution is 2.53. The molecule has 0 saturated carbocycles. The summed E-state index contributed by atoms with van der Waals surface area (Å²) in [4.78, 5) is 0. The van der Waals surface area contributed by atoms with Crippen LogP contribution in [0.15, 0.2) is 55.3 Å². The van der Waals surface area contributed by atoms with Crippen molar-refractivity contribution >= 4 is 63.7 Å². The lowest BCUT2D eigenvalue weighted by Gasteiger charge is -2.33. The first kappa shape index (κ1) is 32.2. The van der Waals surface area contributed by atoms with E-state index in [-0.39, 0.29) is 13.2 Å². The monoisotopic (exact) mass is 768 g/mol. The maximum absolute atomic E-state index is 10.4. The summed E-state index contributed by atoms with van der Waals surface area (Å²) >= 11 is 14.5. The lowest BCUT2D eigenvalue weighted by atomic mass is 9.77.